The molecule has 0 aliphatic carbocycles. The second-order valence-electron chi connectivity index (χ2n) is 6.28. The number of anilines is 2. The highest BCUT2D eigenvalue weighted by molar-refractivity contribution is 6.11. The number of nitro benzene ring substituents is 1. The van der Waals surface area contributed by atoms with Crippen molar-refractivity contribution in [3.8, 4) is 5.75 Å². The number of halogens is 1. The molecule has 0 saturated carbocycles. The molecule has 0 bridgehead atoms. The molecule has 1 amide bonds. The number of pyridine rings is 1. The highest BCUT2D eigenvalue weighted by atomic mass is 19.1. The summed E-state index contributed by atoms with van der Waals surface area (Å²) in [6.07, 6.45) is 0.668. The number of hydrogen-bond donors (Lipinski definition) is 1. The zero-order valence-corrected chi connectivity index (χ0v) is 15.2. The Labute approximate surface area is 164 Å². The summed E-state index contributed by atoms with van der Waals surface area (Å²) in [5.41, 5.74) is 0.886. The first-order chi connectivity index (χ1) is 14.0. The lowest BCUT2D eigenvalue weighted by atomic mass is 10.2. The molecule has 0 fully saturated rings. The number of hydrogen-bond acceptors (Lipinski definition) is 6. The van der Waals surface area contributed by atoms with Gasteiger partial charge in [0, 0.05) is 24.4 Å². The van der Waals surface area contributed by atoms with Crippen LogP contribution in [0.1, 0.15) is 22.2 Å². The highest BCUT2D eigenvalue weighted by Crippen LogP contribution is 2.38. The van der Waals surface area contributed by atoms with Crippen molar-refractivity contribution in [2.45, 2.75) is 6.17 Å². The van der Waals surface area contributed by atoms with Gasteiger partial charge in [-0.1, -0.05) is 6.07 Å². The van der Waals surface area contributed by atoms with Crippen LogP contribution in [0, 0.1) is 15.9 Å². The van der Waals surface area contributed by atoms with E-state index in [-0.39, 0.29) is 17.3 Å². The number of aromatic nitrogens is 1. The maximum Gasteiger partial charge on any atom is 0.271 e. The zero-order valence-electron chi connectivity index (χ0n) is 15.2. The zero-order chi connectivity index (χ0) is 20.5. The van der Waals surface area contributed by atoms with E-state index in [1.54, 1.807) is 36.4 Å². The smallest absolute Gasteiger partial charge is 0.271 e. The van der Waals surface area contributed by atoms with Crippen LogP contribution in [0.15, 0.2) is 60.8 Å². The first kappa shape index (κ1) is 18.4. The number of benzene rings is 2. The summed E-state index contributed by atoms with van der Waals surface area (Å²) in [6.45, 7) is 0. The molecule has 0 unspecified atom stereocenters. The van der Waals surface area contributed by atoms with Gasteiger partial charge in [-0.2, -0.15) is 0 Å². The van der Waals surface area contributed by atoms with Crippen molar-refractivity contribution in [2.24, 2.45) is 0 Å². The van der Waals surface area contributed by atoms with E-state index in [4.69, 9.17) is 4.74 Å². The SMILES string of the molecule is COc1cccc(N2C(=O)c3cccnc3[C@@H]2Nc2cc([N+](=O)[O-])ccc2F)c1. The van der Waals surface area contributed by atoms with E-state index in [0.717, 1.165) is 18.2 Å². The van der Waals surface area contributed by atoms with E-state index in [1.165, 1.54) is 18.2 Å². The Bertz CT molecular complexity index is 1120. The van der Waals surface area contributed by atoms with Crippen LogP contribution in [0.3, 0.4) is 0 Å². The number of carbonyl (C=O) groups excluding carboxylic acids is 1. The fourth-order valence-corrected chi connectivity index (χ4v) is 3.23. The molecule has 2 heterocycles. The van der Waals surface area contributed by atoms with E-state index in [0.29, 0.717) is 22.7 Å². The molecule has 29 heavy (non-hydrogen) atoms. The summed E-state index contributed by atoms with van der Waals surface area (Å²) in [6, 6.07) is 13.3. The van der Waals surface area contributed by atoms with E-state index in [9.17, 15) is 19.3 Å². The van der Waals surface area contributed by atoms with Crippen molar-refractivity contribution >= 4 is 23.0 Å². The number of ether oxygens (including phenoxy) is 1. The van der Waals surface area contributed by atoms with Gasteiger partial charge in [0.15, 0.2) is 6.17 Å². The Morgan fingerprint density at radius 3 is 2.79 bits per heavy atom. The fraction of sp³-hybridized carbons (Fsp3) is 0.100. The normalized spacial score (nSPS) is 15.2. The van der Waals surface area contributed by atoms with Gasteiger partial charge < -0.3 is 10.1 Å². The van der Waals surface area contributed by atoms with Crippen LogP contribution in [0.4, 0.5) is 21.5 Å². The molecular formula is C20H15FN4O4. The van der Waals surface area contributed by atoms with Crippen LogP contribution in [-0.2, 0) is 0 Å². The van der Waals surface area contributed by atoms with Gasteiger partial charge in [0.25, 0.3) is 11.6 Å². The van der Waals surface area contributed by atoms with Gasteiger partial charge in [-0.05, 0) is 30.3 Å². The maximum absolute atomic E-state index is 14.4. The number of nitrogens with zero attached hydrogens (tertiary/aromatic N) is 3. The average Bonchev–Trinajstić information content (AvgIpc) is 3.01. The molecule has 1 aliphatic rings. The van der Waals surface area contributed by atoms with Gasteiger partial charge in [-0.15, -0.1) is 0 Å². The predicted octanol–water partition coefficient (Wildman–Crippen LogP) is 3.91. The van der Waals surface area contributed by atoms with Crippen LogP contribution < -0.4 is 15.0 Å². The number of nitrogens with one attached hydrogen (secondary N) is 1. The Balaban J connectivity index is 1.81. The van der Waals surface area contributed by atoms with Gasteiger partial charge in [0.1, 0.15) is 11.6 Å². The summed E-state index contributed by atoms with van der Waals surface area (Å²) < 4.78 is 19.6. The van der Waals surface area contributed by atoms with Gasteiger partial charge in [0.2, 0.25) is 0 Å². The molecule has 0 radical (unpaired) electrons. The minimum atomic E-state index is -0.859. The van der Waals surface area contributed by atoms with Crippen LogP contribution in [0.25, 0.3) is 0 Å². The molecule has 2 aromatic carbocycles. The number of rotatable bonds is 5. The second kappa shape index (κ2) is 7.19. The lowest BCUT2D eigenvalue weighted by molar-refractivity contribution is -0.384. The van der Waals surface area contributed by atoms with Crippen molar-refractivity contribution < 1.29 is 18.8 Å². The van der Waals surface area contributed by atoms with Crippen molar-refractivity contribution in [1.82, 2.24) is 4.98 Å². The van der Waals surface area contributed by atoms with Crippen LogP contribution >= 0.6 is 0 Å². The van der Waals surface area contributed by atoms with Crippen molar-refractivity contribution in [3.63, 3.8) is 0 Å². The first-order valence-corrected chi connectivity index (χ1v) is 8.62. The summed E-state index contributed by atoms with van der Waals surface area (Å²) in [4.78, 5) is 29.2. The molecule has 1 atom stereocenters. The molecule has 1 aromatic heterocycles. The summed E-state index contributed by atoms with van der Waals surface area (Å²) in [7, 11) is 1.51. The molecule has 1 N–H and O–H groups in total. The molecule has 4 rings (SSSR count). The van der Waals surface area contributed by atoms with Crippen LogP contribution in [-0.4, -0.2) is 22.9 Å². The van der Waals surface area contributed by atoms with E-state index < -0.39 is 16.9 Å². The number of non-ortho nitro benzene ring substituents is 1. The first-order valence-electron chi connectivity index (χ1n) is 8.62. The predicted molar refractivity (Wildman–Crippen MR) is 103 cm³/mol. The molecular weight excluding hydrogens is 379 g/mol. The Morgan fingerprint density at radius 2 is 2.03 bits per heavy atom. The van der Waals surface area contributed by atoms with E-state index in [2.05, 4.69) is 10.3 Å². The van der Waals surface area contributed by atoms with Gasteiger partial charge >= 0.3 is 0 Å². The number of fused-ring (bicyclic) bond motifs is 1. The van der Waals surface area contributed by atoms with Gasteiger partial charge in [-0.3, -0.25) is 24.8 Å². The van der Waals surface area contributed by atoms with Crippen LogP contribution in [0.5, 0.6) is 5.75 Å². The Morgan fingerprint density at radius 1 is 1.21 bits per heavy atom. The minimum absolute atomic E-state index is 0.108. The quantitative estimate of drug-likeness (QED) is 0.521. The van der Waals surface area contributed by atoms with E-state index >= 15 is 0 Å². The largest absolute Gasteiger partial charge is 0.497 e. The van der Waals surface area contributed by atoms with E-state index in [1.807, 2.05) is 0 Å². The second-order valence-corrected chi connectivity index (χ2v) is 6.28. The van der Waals surface area contributed by atoms with Crippen molar-refractivity contribution in [2.75, 3.05) is 17.3 Å². The Kier molecular flexibility index (Phi) is 4.55. The molecule has 0 saturated heterocycles. The molecule has 1 aliphatic heterocycles. The third-order valence-corrected chi connectivity index (χ3v) is 4.59. The third kappa shape index (κ3) is 3.22. The van der Waals surface area contributed by atoms with Crippen LogP contribution in [0.2, 0.25) is 0 Å². The molecule has 146 valence electrons. The summed E-state index contributed by atoms with van der Waals surface area (Å²) >= 11 is 0. The summed E-state index contributed by atoms with van der Waals surface area (Å²) in [5.74, 6) is -0.470. The standard InChI is InChI=1S/C20H15FN4O4/c1-29-14-5-2-4-12(10-14)24-19(18-15(20(24)26)6-3-9-22-18)23-17-11-13(25(27)28)7-8-16(17)21/h2-11,19,23H,1H3/t19-/m1/s1. The molecule has 3 aromatic rings. The highest BCUT2D eigenvalue weighted by Gasteiger charge is 2.39. The van der Waals surface area contributed by atoms with Gasteiger partial charge in [-0.25, -0.2) is 4.39 Å². The molecule has 8 nitrogen and oxygen atoms in total. The van der Waals surface area contributed by atoms with Gasteiger partial charge in [0.05, 0.1) is 34.7 Å². The summed E-state index contributed by atoms with van der Waals surface area (Å²) in [5, 5.41) is 14.0. The topological polar surface area (TPSA) is 97.6 Å². The lowest BCUT2D eigenvalue weighted by Gasteiger charge is -2.27. The fourth-order valence-electron chi connectivity index (χ4n) is 3.23. The number of carbonyl (C=O) groups is 1. The van der Waals surface area contributed by atoms with Crippen molar-refractivity contribution in [1.29, 1.82) is 0 Å². The lowest BCUT2D eigenvalue weighted by Crippen LogP contribution is -2.32. The maximum atomic E-state index is 14.4. The minimum Gasteiger partial charge on any atom is -0.497 e. The number of methoxy groups -OCH3 is 1. The number of nitro groups is 1. The molecule has 9 heteroatoms. The molecule has 0 spiro atoms. The monoisotopic (exact) mass is 394 g/mol. The number of amides is 1. The van der Waals surface area contributed by atoms with Crippen molar-refractivity contribution in [3.05, 3.63) is 88.0 Å². The Hall–Kier alpha value is -4.01. The average molecular weight is 394 g/mol. The third-order valence-electron chi connectivity index (χ3n) is 4.59.